The molecule has 0 saturated heterocycles. The van der Waals surface area contributed by atoms with Gasteiger partial charge in [-0.2, -0.15) is 0 Å². The molecule has 0 bridgehead atoms. The van der Waals surface area contributed by atoms with Crippen LogP contribution in [0.25, 0.3) is 11.0 Å². The van der Waals surface area contributed by atoms with Gasteiger partial charge in [-0.05, 0) is 36.8 Å². The van der Waals surface area contributed by atoms with E-state index in [0.717, 1.165) is 23.9 Å². The first kappa shape index (κ1) is 9.70. The lowest BCUT2D eigenvalue weighted by Crippen LogP contribution is -2.06. The molecule has 3 nitrogen and oxygen atoms in total. The number of anilines is 1. The van der Waals surface area contributed by atoms with Crippen molar-refractivity contribution in [1.29, 1.82) is 0 Å². The molecule has 2 unspecified atom stereocenters. The number of imidazole rings is 1. The first-order chi connectivity index (χ1) is 7.66. The van der Waals surface area contributed by atoms with Gasteiger partial charge in [0.05, 0.1) is 11.0 Å². The van der Waals surface area contributed by atoms with Crippen LogP contribution >= 0.6 is 0 Å². The number of nitrogens with two attached hydrogens (primary N) is 1. The topological polar surface area (TPSA) is 43.8 Å². The molecule has 1 saturated carbocycles. The predicted octanol–water partition coefficient (Wildman–Crippen LogP) is 2.58. The Hall–Kier alpha value is -1.51. The van der Waals surface area contributed by atoms with Crippen molar-refractivity contribution >= 4 is 17.0 Å². The molecular formula is C13H17N3. The number of nitrogen functional groups attached to an aromatic ring is 1. The molecular weight excluding hydrogens is 198 g/mol. The Balaban J connectivity index is 2.11. The number of aryl methyl sites for hydroxylation is 1. The average Bonchev–Trinajstić information content (AvgIpc) is 2.81. The van der Waals surface area contributed by atoms with Crippen molar-refractivity contribution in [3.63, 3.8) is 0 Å². The van der Waals surface area contributed by atoms with E-state index in [4.69, 9.17) is 5.73 Å². The third-order valence-corrected chi connectivity index (χ3v) is 3.69. The summed E-state index contributed by atoms with van der Waals surface area (Å²) < 4.78 is 2.18. The molecule has 0 aliphatic heterocycles. The van der Waals surface area contributed by atoms with Crippen molar-refractivity contribution in [1.82, 2.24) is 9.55 Å². The van der Waals surface area contributed by atoms with Gasteiger partial charge in [-0.3, -0.25) is 0 Å². The highest BCUT2D eigenvalue weighted by molar-refractivity contribution is 5.81. The second-order valence-electron chi connectivity index (χ2n) is 5.00. The highest BCUT2D eigenvalue weighted by Gasteiger charge is 2.33. The molecule has 0 radical (unpaired) electrons. The van der Waals surface area contributed by atoms with E-state index in [1.807, 2.05) is 12.1 Å². The minimum atomic E-state index is 0.656. The van der Waals surface area contributed by atoms with Crippen molar-refractivity contribution in [2.75, 3.05) is 5.73 Å². The van der Waals surface area contributed by atoms with Crippen molar-refractivity contribution < 1.29 is 0 Å². The summed E-state index contributed by atoms with van der Waals surface area (Å²) in [6, 6.07) is 6.19. The summed E-state index contributed by atoms with van der Waals surface area (Å²) in [5.74, 6) is 2.29. The fourth-order valence-corrected chi connectivity index (χ4v) is 2.46. The first-order valence-corrected chi connectivity index (χ1v) is 5.88. The highest BCUT2D eigenvalue weighted by Crippen LogP contribution is 2.40. The van der Waals surface area contributed by atoms with Crippen LogP contribution in [0.2, 0.25) is 0 Å². The quantitative estimate of drug-likeness (QED) is 0.836. The van der Waals surface area contributed by atoms with Crippen LogP contribution in [0, 0.1) is 18.8 Å². The maximum Gasteiger partial charge on any atom is 0.201 e. The highest BCUT2D eigenvalue weighted by atomic mass is 15.2. The minimum Gasteiger partial charge on any atom is -0.369 e. The molecule has 16 heavy (non-hydrogen) atoms. The van der Waals surface area contributed by atoms with Gasteiger partial charge >= 0.3 is 0 Å². The Morgan fingerprint density at radius 1 is 1.50 bits per heavy atom. The molecule has 3 rings (SSSR count). The summed E-state index contributed by atoms with van der Waals surface area (Å²) in [4.78, 5) is 4.42. The maximum absolute atomic E-state index is 6.00. The molecule has 0 amide bonds. The Kier molecular flexibility index (Phi) is 1.96. The normalized spacial score (nSPS) is 23.9. The van der Waals surface area contributed by atoms with Crippen LogP contribution in [-0.4, -0.2) is 9.55 Å². The molecule has 2 aromatic rings. The molecule has 1 fully saturated rings. The zero-order valence-electron chi connectivity index (χ0n) is 9.77. The molecule has 0 spiro atoms. The summed E-state index contributed by atoms with van der Waals surface area (Å²) >= 11 is 0. The molecule has 1 heterocycles. The summed E-state index contributed by atoms with van der Waals surface area (Å²) in [5, 5.41) is 0. The number of hydrogen-bond acceptors (Lipinski definition) is 2. The fourth-order valence-electron chi connectivity index (χ4n) is 2.46. The third kappa shape index (κ3) is 1.39. The van der Waals surface area contributed by atoms with Crippen LogP contribution in [0.1, 0.15) is 18.9 Å². The van der Waals surface area contributed by atoms with Crippen LogP contribution < -0.4 is 5.73 Å². The van der Waals surface area contributed by atoms with Crippen LogP contribution in [0.3, 0.4) is 0 Å². The minimum absolute atomic E-state index is 0.656. The van der Waals surface area contributed by atoms with E-state index in [1.165, 1.54) is 17.5 Å². The van der Waals surface area contributed by atoms with Crippen LogP contribution in [-0.2, 0) is 6.54 Å². The molecule has 3 heteroatoms. The first-order valence-electron chi connectivity index (χ1n) is 5.88. The SMILES string of the molecule is Cc1cccc2nc(N)n(CC3CC3C)c12. The van der Waals surface area contributed by atoms with E-state index in [0.29, 0.717) is 5.95 Å². The maximum atomic E-state index is 6.00. The Morgan fingerprint density at radius 2 is 2.25 bits per heavy atom. The number of rotatable bonds is 2. The number of nitrogens with zero attached hydrogens (tertiary/aromatic N) is 2. The average molecular weight is 215 g/mol. The van der Waals surface area contributed by atoms with Gasteiger partial charge in [-0.25, -0.2) is 4.98 Å². The summed E-state index contributed by atoms with van der Waals surface area (Å²) in [5.41, 5.74) is 9.48. The third-order valence-electron chi connectivity index (χ3n) is 3.69. The van der Waals surface area contributed by atoms with E-state index in [-0.39, 0.29) is 0 Å². The lowest BCUT2D eigenvalue weighted by Gasteiger charge is -2.07. The molecule has 1 aromatic heterocycles. The Morgan fingerprint density at radius 3 is 2.94 bits per heavy atom. The number of aromatic nitrogens is 2. The van der Waals surface area contributed by atoms with Gasteiger partial charge in [-0.15, -0.1) is 0 Å². The van der Waals surface area contributed by atoms with Gasteiger partial charge in [0.15, 0.2) is 0 Å². The molecule has 1 aliphatic rings. The van der Waals surface area contributed by atoms with Crippen molar-refractivity contribution in [3.05, 3.63) is 23.8 Å². The summed E-state index contributed by atoms with van der Waals surface area (Å²) in [7, 11) is 0. The number of benzene rings is 1. The molecule has 1 aliphatic carbocycles. The van der Waals surface area contributed by atoms with Crippen molar-refractivity contribution in [3.8, 4) is 0 Å². The molecule has 2 atom stereocenters. The van der Waals surface area contributed by atoms with E-state index in [2.05, 4.69) is 29.5 Å². The van der Waals surface area contributed by atoms with Gasteiger partial charge in [-0.1, -0.05) is 19.1 Å². The molecule has 2 N–H and O–H groups in total. The number of fused-ring (bicyclic) bond motifs is 1. The molecule has 84 valence electrons. The molecule has 1 aromatic carbocycles. The Bertz CT molecular complexity index is 541. The summed E-state index contributed by atoms with van der Waals surface area (Å²) in [6.07, 6.45) is 1.32. The number of para-hydroxylation sites is 1. The van der Waals surface area contributed by atoms with Crippen LogP contribution in [0.4, 0.5) is 5.95 Å². The van der Waals surface area contributed by atoms with Crippen LogP contribution in [0.15, 0.2) is 18.2 Å². The van der Waals surface area contributed by atoms with E-state index in [9.17, 15) is 0 Å². The predicted molar refractivity (Wildman–Crippen MR) is 66.2 cm³/mol. The summed E-state index contributed by atoms with van der Waals surface area (Å²) in [6.45, 7) is 5.44. The standard InChI is InChI=1S/C13H17N3/c1-8-4-3-5-11-12(8)16(13(14)15-11)7-10-6-9(10)2/h3-5,9-10H,6-7H2,1-2H3,(H2,14,15). The zero-order chi connectivity index (χ0) is 11.3. The smallest absolute Gasteiger partial charge is 0.201 e. The lowest BCUT2D eigenvalue weighted by atomic mass is 10.2. The fraction of sp³-hybridized carbons (Fsp3) is 0.462. The second-order valence-corrected chi connectivity index (χ2v) is 5.00. The van der Waals surface area contributed by atoms with Gasteiger partial charge in [0.25, 0.3) is 0 Å². The monoisotopic (exact) mass is 215 g/mol. The Labute approximate surface area is 95.3 Å². The van der Waals surface area contributed by atoms with E-state index in [1.54, 1.807) is 0 Å². The van der Waals surface area contributed by atoms with Gasteiger partial charge in [0.1, 0.15) is 0 Å². The van der Waals surface area contributed by atoms with E-state index < -0.39 is 0 Å². The van der Waals surface area contributed by atoms with Gasteiger partial charge in [0, 0.05) is 6.54 Å². The van der Waals surface area contributed by atoms with E-state index >= 15 is 0 Å². The van der Waals surface area contributed by atoms with Crippen molar-refractivity contribution in [2.24, 2.45) is 11.8 Å². The van der Waals surface area contributed by atoms with Gasteiger partial charge < -0.3 is 10.3 Å². The van der Waals surface area contributed by atoms with Gasteiger partial charge in [0.2, 0.25) is 5.95 Å². The number of hydrogen-bond donors (Lipinski definition) is 1. The largest absolute Gasteiger partial charge is 0.369 e. The second kappa shape index (κ2) is 3.24. The van der Waals surface area contributed by atoms with Crippen molar-refractivity contribution in [2.45, 2.75) is 26.8 Å². The van der Waals surface area contributed by atoms with Crippen LogP contribution in [0.5, 0.6) is 0 Å². The zero-order valence-corrected chi connectivity index (χ0v) is 9.77. The lowest BCUT2D eigenvalue weighted by molar-refractivity contribution is 0.612.